The second-order valence-electron chi connectivity index (χ2n) is 8.68. The Balaban J connectivity index is 1.37. The third-order valence-electron chi connectivity index (χ3n) is 6.25. The summed E-state index contributed by atoms with van der Waals surface area (Å²) < 4.78 is 49.3. The van der Waals surface area contributed by atoms with Crippen LogP contribution in [0.3, 0.4) is 0 Å². The van der Waals surface area contributed by atoms with Crippen LogP contribution in [0.5, 0.6) is 5.75 Å². The molecule has 0 aliphatic carbocycles. The summed E-state index contributed by atoms with van der Waals surface area (Å²) in [5, 5.41) is 1.52. The Kier molecular flexibility index (Phi) is 8.43. The fraction of sp³-hybridized carbons (Fsp3) is 0.267. The molecule has 0 atom stereocenters. The van der Waals surface area contributed by atoms with Gasteiger partial charge in [0, 0.05) is 12.5 Å². The van der Waals surface area contributed by atoms with E-state index in [-0.39, 0.29) is 11.6 Å². The first-order valence-electron chi connectivity index (χ1n) is 11.8. The maximum absolute atomic E-state index is 15.2. The zero-order chi connectivity index (χ0) is 24.6. The fourth-order valence-corrected chi connectivity index (χ4v) is 4.23. The number of alkyl halides is 2. The van der Waals surface area contributed by atoms with E-state index in [0.29, 0.717) is 23.8 Å². The summed E-state index contributed by atoms with van der Waals surface area (Å²) in [5.74, 6) is -0.0751. The number of benzene rings is 4. The highest BCUT2D eigenvalue weighted by atomic mass is 19.3. The van der Waals surface area contributed by atoms with Crippen molar-refractivity contribution in [1.82, 2.24) is 0 Å². The third-order valence-corrected chi connectivity index (χ3v) is 6.25. The van der Waals surface area contributed by atoms with Crippen molar-refractivity contribution in [2.75, 3.05) is 13.7 Å². The topological polar surface area (TPSA) is 18.5 Å². The van der Waals surface area contributed by atoms with Crippen molar-refractivity contribution >= 4 is 10.8 Å². The van der Waals surface area contributed by atoms with E-state index in [4.69, 9.17) is 4.74 Å². The Morgan fingerprint density at radius 3 is 1.89 bits per heavy atom. The molecule has 0 aromatic heterocycles. The maximum Gasteiger partial charge on any atom is 0.387 e. The van der Waals surface area contributed by atoms with E-state index < -0.39 is 6.61 Å². The fourth-order valence-electron chi connectivity index (χ4n) is 4.23. The molecule has 5 heteroatoms. The summed E-state index contributed by atoms with van der Waals surface area (Å²) >= 11 is 0. The lowest BCUT2D eigenvalue weighted by Crippen LogP contribution is -2.02. The number of ether oxygens (including phenoxy) is 2. The first kappa shape index (κ1) is 24.8. The second kappa shape index (κ2) is 11.9. The molecule has 0 aliphatic heterocycles. The van der Waals surface area contributed by atoms with Crippen molar-refractivity contribution < 1.29 is 22.6 Å². The minimum absolute atomic E-state index is 0.121. The summed E-state index contributed by atoms with van der Waals surface area (Å²) in [4.78, 5) is 0. The number of methoxy groups -OCH3 is 1. The number of halogens is 3. The van der Waals surface area contributed by atoms with Gasteiger partial charge in [-0.1, -0.05) is 66.7 Å². The molecule has 0 aliphatic rings. The number of hydrogen-bond donors (Lipinski definition) is 0. The smallest absolute Gasteiger partial charge is 0.387 e. The molecule has 35 heavy (non-hydrogen) atoms. The van der Waals surface area contributed by atoms with Crippen LogP contribution in [-0.2, 0) is 36.8 Å². The Bertz CT molecular complexity index is 1240. The summed E-state index contributed by atoms with van der Waals surface area (Å²) in [5.41, 5.74) is 5.31. The van der Waals surface area contributed by atoms with Gasteiger partial charge in [-0.2, -0.15) is 8.78 Å². The van der Waals surface area contributed by atoms with Gasteiger partial charge in [-0.25, -0.2) is 4.39 Å². The summed E-state index contributed by atoms with van der Waals surface area (Å²) in [6.45, 7) is -2.12. The standard InChI is InChI=1S/C30H29F3O2/c1-34-19-18-23-4-2-21(3-5-23)6-7-24-11-17-28-26(20-24)14-13-25(29(28)31)12-8-22-9-15-27(16-10-22)35-30(32)33/h2-5,9-11,13-17,20,30H,6-8,12,18-19H2,1H3. The lowest BCUT2D eigenvalue weighted by atomic mass is 9.97. The van der Waals surface area contributed by atoms with Crippen LogP contribution in [0.4, 0.5) is 13.2 Å². The largest absolute Gasteiger partial charge is 0.435 e. The van der Waals surface area contributed by atoms with Crippen molar-refractivity contribution in [1.29, 1.82) is 0 Å². The van der Waals surface area contributed by atoms with E-state index in [0.717, 1.165) is 36.8 Å². The van der Waals surface area contributed by atoms with Gasteiger partial charge in [0.15, 0.2) is 0 Å². The average molecular weight is 479 g/mol. The van der Waals surface area contributed by atoms with Gasteiger partial charge in [0.1, 0.15) is 11.6 Å². The summed E-state index contributed by atoms with van der Waals surface area (Å²) in [6, 6.07) is 24.9. The van der Waals surface area contributed by atoms with Gasteiger partial charge in [-0.3, -0.25) is 0 Å². The normalized spacial score (nSPS) is 11.3. The molecule has 0 unspecified atom stereocenters. The lowest BCUT2D eigenvalue weighted by Gasteiger charge is -2.10. The number of aryl methyl sites for hydroxylation is 4. The monoisotopic (exact) mass is 478 g/mol. The molecule has 0 bridgehead atoms. The lowest BCUT2D eigenvalue weighted by molar-refractivity contribution is -0.0498. The van der Waals surface area contributed by atoms with Crippen molar-refractivity contribution in [3.05, 3.63) is 112 Å². The van der Waals surface area contributed by atoms with Gasteiger partial charge >= 0.3 is 6.61 Å². The highest BCUT2D eigenvalue weighted by Gasteiger charge is 2.10. The van der Waals surface area contributed by atoms with Crippen LogP contribution in [0.1, 0.15) is 27.8 Å². The molecule has 4 aromatic rings. The molecule has 182 valence electrons. The highest BCUT2D eigenvalue weighted by Crippen LogP contribution is 2.25. The van der Waals surface area contributed by atoms with E-state index in [9.17, 15) is 8.78 Å². The molecule has 0 radical (unpaired) electrons. The zero-order valence-corrected chi connectivity index (χ0v) is 19.8. The third kappa shape index (κ3) is 6.86. The number of hydrogen-bond acceptors (Lipinski definition) is 2. The van der Waals surface area contributed by atoms with E-state index in [1.165, 1.54) is 28.8 Å². The summed E-state index contributed by atoms with van der Waals surface area (Å²) in [6.07, 6.45) is 3.87. The maximum atomic E-state index is 15.2. The van der Waals surface area contributed by atoms with Crippen LogP contribution >= 0.6 is 0 Å². The SMILES string of the molecule is COCCc1ccc(CCc2ccc3c(F)c(CCc4ccc(OC(F)F)cc4)ccc3c2)cc1. The highest BCUT2D eigenvalue weighted by molar-refractivity contribution is 5.84. The van der Waals surface area contributed by atoms with Crippen LogP contribution in [0.15, 0.2) is 78.9 Å². The Morgan fingerprint density at radius 1 is 0.657 bits per heavy atom. The van der Waals surface area contributed by atoms with E-state index in [1.54, 1.807) is 19.2 Å². The predicted octanol–water partition coefficient (Wildman–Crippen LogP) is 7.34. The first-order chi connectivity index (χ1) is 17.0. The van der Waals surface area contributed by atoms with Gasteiger partial charge in [-0.15, -0.1) is 0 Å². The van der Waals surface area contributed by atoms with E-state index in [1.807, 2.05) is 24.3 Å². The molecule has 0 heterocycles. The van der Waals surface area contributed by atoms with Gasteiger partial charge in [-0.05, 0) is 77.4 Å². The number of rotatable bonds is 11. The van der Waals surface area contributed by atoms with Crippen LogP contribution in [0.25, 0.3) is 10.8 Å². The molecule has 4 aromatic carbocycles. The summed E-state index contributed by atoms with van der Waals surface area (Å²) in [7, 11) is 1.71. The minimum atomic E-state index is -2.84. The molecule has 0 spiro atoms. The van der Waals surface area contributed by atoms with Crippen LogP contribution in [0, 0.1) is 5.82 Å². The molecule has 0 amide bonds. The van der Waals surface area contributed by atoms with Crippen molar-refractivity contribution in [2.24, 2.45) is 0 Å². The molecule has 0 N–H and O–H groups in total. The quantitative estimate of drug-likeness (QED) is 0.225. The molecule has 0 saturated carbocycles. The average Bonchev–Trinajstić information content (AvgIpc) is 2.87. The molecule has 0 saturated heterocycles. The van der Waals surface area contributed by atoms with Crippen molar-refractivity contribution in [2.45, 2.75) is 38.7 Å². The van der Waals surface area contributed by atoms with E-state index >= 15 is 4.39 Å². The van der Waals surface area contributed by atoms with Gasteiger partial charge < -0.3 is 9.47 Å². The molecular weight excluding hydrogens is 449 g/mol. The molecular formula is C30H29F3O2. The Labute approximate surface area is 204 Å². The Morgan fingerprint density at radius 2 is 1.23 bits per heavy atom. The van der Waals surface area contributed by atoms with Crippen LogP contribution in [0.2, 0.25) is 0 Å². The minimum Gasteiger partial charge on any atom is -0.435 e. The molecule has 2 nitrogen and oxygen atoms in total. The molecule has 0 fully saturated rings. The van der Waals surface area contributed by atoms with E-state index in [2.05, 4.69) is 35.1 Å². The van der Waals surface area contributed by atoms with Crippen molar-refractivity contribution in [3.8, 4) is 5.75 Å². The predicted molar refractivity (Wildman–Crippen MR) is 134 cm³/mol. The molecule has 4 rings (SSSR count). The second-order valence-corrected chi connectivity index (χ2v) is 8.68. The zero-order valence-electron chi connectivity index (χ0n) is 19.8. The van der Waals surface area contributed by atoms with Gasteiger partial charge in [0.05, 0.1) is 6.61 Å². The van der Waals surface area contributed by atoms with Gasteiger partial charge in [0.25, 0.3) is 0 Å². The van der Waals surface area contributed by atoms with Crippen LogP contribution in [-0.4, -0.2) is 20.3 Å². The van der Waals surface area contributed by atoms with Gasteiger partial charge in [0.2, 0.25) is 0 Å². The Hall–Kier alpha value is -3.31. The number of fused-ring (bicyclic) bond motifs is 1. The van der Waals surface area contributed by atoms with Crippen molar-refractivity contribution in [3.63, 3.8) is 0 Å². The first-order valence-corrected chi connectivity index (χ1v) is 11.8. The van der Waals surface area contributed by atoms with Crippen LogP contribution < -0.4 is 4.74 Å².